The van der Waals surface area contributed by atoms with Crippen LogP contribution in [0.1, 0.15) is 6.92 Å². The number of nitrogens with one attached hydrogen (secondary N) is 1. The molecule has 0 saturated heterocycles. The molecule has 0 spiro atoms. The van der Waals surface area contributed by atoms with Crippen LogP contribution in [0.5, 0.6) is 0 Å². The van der Waals surface area contributed by atoms with Gasteiger partial charge < -0.3 is 11.1 Å². The average molecular weight is 224 g/mol. The number of carbonyl (C=O) groups is 1. The van der Waals surface area contributed by atoms with Gasteiger partial charge in [0.15, 0.2) is 0 Å². The van der Waals surface area contributed by atoms with E-state index in [0.717, 1.165) is 10.6 Å². The monoisotopic (exact) mass is 224 g/mol. The topological polar surface area (TPSA) is 55.1 Å². The molecule has 82 valence electrons. The van der Waals surface area contributed by atoms with Crippen LogP contribution in [0.4, 0.5) is 5.69 Å². The van der Waals surface area contributed by atoms with Gasteiger partial charge in [-0.3, -0.25) is 4.79 Å². The minimum Gasteiger partial charge on any atom is -0.330 e. The van der Waals surface area contributed by atoms with Gasteiger partial charge in [0.2, 0.25) is 5.91 Å². The number of anilines is 1. The highest BCUT2D eigenvalue weighted by molar-refractivity contribution is 7.98. The molecule has 1 aromatic rings. The quantitative estimate of drug-likeness (QED) is 0.768. The number of amides is 1. The van der Waals surface area contributed by atoms with E-state index >= 15 is 0 Å². The van der Waals surface area contributed by atoms with Crippen LogP contribution < -0.4 is 11.1 Å². The SMILES string of the molecule is CSc1cccc(NC(=O)C(C)CN)c1. The fraction of sp³-hybridized carbons (Fsp3) is 0.364. The van der Waals surface area contributed by atoms with Crippen molar-refractivity contribution in [3.05, 3.63) is 24.3 Å². The highest BCUT2D eigenvalue weighted by Crippen LogP contribution is 2.19. The molecule has 0 heterocycles. The molecule has 0 bridgehead atoms. The van der Waals surface area contributed by atoms with Gasteiger partial charge in [-0.1, -0.05) is 13.0 Å². The Balaban J connectivity index is 2.68. The van der Waals surface area contributed by atoms with Crippen molar-refractivity contribution in [3.8, 4) is 0 Å². The van der Waals surface area contributed by atoms with E-state index in [2.05, 4.69) is 5.32 Å². The summed E-state index contributed by atoms with van der Waals surface area (Å²) in [7, 11) is 0. The fourth-order valence-electron chi connectivity index (χ4n) is 1.07. The van der Waals surface area contributed by atoms with Crippen molar-refractivity contribution in [2.24, 2.45) is 11.7 Å². The summed E-state index contributed by atoms with van der Waals surface area (Å²) in [6.45, 7) is 2.18. The third-order valence-electron chi connectivity index (χ3n) is 2.14. The van der Waals surface area contributed by atoms with Crippen LogP contribution >= 0.6 is 11.8 Å². The summed E-state index contributed by atoms with van der Waals surface area (Å²) in [6, 6.07) is 7.76. The lowest BCUT2D eigenvalue weighted by atomic mass is 10.1. The highest BCUT2D eigenvalue weighted by Gasteiger charge is 2.10. The molecule has 3 nitrogen and oxygen atoms in total. The van der Waals surface area contributed by atoms with E-state index in [0.29, 0.717) is 6.54 Å². The van der Waals surface area contributed by atoms with E-state index in [1.807, 2.05) is 37.4 Å². The molecule has 4 heteroatoms. The second-order valence-electron chi connectivity index (χ2n) is 3.36. The number of carbonyl (C=O) groups excluding carboxylic acids is 1. The van der Waals surface area contributed by atoms with E-state index in [1.165, 1.54) is 0 Å². The normalized spacial score (nSPS) is 12.2. The maximum absolute atomic E-state index is 11.5. The first-order chi connectivity index (χ1) is 7.17. The number of benzene rings is 1. The maximum atomic E-state index is 11.5. The second-order valence-corrected chi connectivity index (χ2v) is 4.24. The molecule has 1 atom stereocenters. The van der Waals surface area contributed by atoms with Crippen LogP contribution in [0, 0.1) is 5.92 Å². The molecular weight excluding hydrogens is 208 g/mol. The number of hydrogen-bond acceptors (Lipinski definition) is 3. The van der Waals surface area contributed by atoms with Crippen molar-refractivity contribution in [2.45, 2.75) is 11.8 Å². The molecule has 0 aromatic heterocycles. The molecule has 0 aliphatic rings. The van der Waals surface area contributed by atoms with Crippen molar-refractivity contribution in [1.29, 1.82) is 0 Å². The minimum absolute atomic E-state index is 0.0317. The lowest BCUT2D eigenvalue weighted by Gasteiger charge is -2.10. The molecule has 1 aromatic carbocycles. The summed E-state index contributed by atoms with van der Waals surface area (Å²) in [6.07, 6.45) is 2.00. The van der Waals surface area contributed by atoms with E-state index in [-0.39, 0.29) is 11.8 Å². The molecule has 0 aliphatic heterocycles. The van der Waals surface area contributed by atoms with Crippen LogP contribution in [0.15, 0.2) is 29.2 Å². The fourth-order valence-corrected chi connectivity index (χ4v) is 1.53. The number of hydrogen-bond donors (Lipinski definition) is 2. The van der Waals surface area contributed by atoms with Crippen LogP contribution in [-0.4, -0.2) is 18.7 Å². The zero-order chi connectivity index (χ0) is 11.3. The Kier molecular flexibility index (Phi) is 4.65. The van der Waals surface area contributed by atoms with Gasteiger partial charge in [0.25, 0.3) is 0 Å². The molecule has 1 rings (SSSR count). The standard InChI is InChI=1S/C11H16N2OS/c1-8(7-12)11(14)13-9-4-3-5-10(6-9)15-2/h3-6,8H,7,12H2,1-2H3,(H,13,14). The summed E-state index contributed by atoms with van der Waals surface area (Å²) in [5, 5.41) is 2.84. The Morgan fingerprint density at radius 2 is 2.33 bits per heavy atom. The van der Waals surface area contributed by atoms with Gasteiger partial charge in [0.1, 0.15) is 0 Å². The van der Waals surface area contributed by atoms with Crippen molar-refractivity contribution >= 4 is 23.4 Å². The van der Waals surface area contributed by atoms with Gasteiger partial charge in [-0.2, -0.15) is 0 Å². The Morgan fingerprint density at radius 1 is 1.60 bits per heavy atom. The zero-order valence-corrected chi connectivity index (χ0v) is 9.80. The van der Waals surface area contributed by atoms with Crippen LogP contribution in [0.3, 0.4) is 0 Å². The van der Waals surface area contributed by atoms with Crippen molar-refractivity contribution in [2.75, 3.05) is 18.1 Å². The summed E-state index contributed by atoms with van der Waals surface area (Å²) < 4.78 is 0. The summed E-state index contributed by atoms with van der Waals surface area (Å²) >= 11 is 1.65. The Bertz CT molecular complexity index is 341. The summed E-state index contributed by atoms with van der Waals surface area (Å²) in [5.41, 5.74) is 6.24. The molecular formula is C11H16N2OS. The number of thioether (sulfide) groups is 1. The molecule has 0 fully saturated rings. The predicted molar refractivity (Wildman–Crippen MR) is 65.1 cm³/mol. The third kappa shape index (κ3) is 3.57. The molecule has 0 radical (unpaired) electrons. The molecule has 0 saturated carbocycles. The Labute approximate surface area is 94.4 Å². The highest BCUT2D eigenvalue weighted by atomic mass is 32.2. The van der Waals surface area contributed by atoms with Crippen molar-refractivity contribution in [3.63, 3.8) is 0 Å². The molecule has 15 heavy (non-hydrogen) atoms. The number of nitrogens with two attached hydrogens (primary N) is 1. The zero-order valence-electron chi connectivity index (χ0n) is 8.99. The first-order valence-electron chi connectivity index (χ1n) is 4.82. The van der Waals surface area contributed by atoms with E-state index in [9.17, 15) is 4.79 Å². The first-order valence-corrected chi connectivity index (χ1v) is 6.05. The Hall–Kier alpha value is -1.00. The lowest BCUT2D eigenvalue weighted by Crippen LogP contribution is -2.26. The van der Waals surface area contributed by atoms with Gasteiger partial charge in [-0.15, -0.1) is 11.8 Å². The van der Waals surface area contributed by atoms with Crippen LogP contribution in [0.25, 0.3) is 0 Å². The molecule has 1 amide bonds. The van der Waals surface area contributed by atoms with Crippen molar-refractivity contribution < 1.29 is 4.79 Å². The molecule has 0 aliphatic carbocycles. The van der Waals surface area contributed by atoms with Gasteiger partial charge in [-0.25, -0.2) is 0 Å². The number of rotatable bonds is 4. The summed E-state index contributed by atoms with van der Waals surface area (Å²) in [5.74, 6) is -0.182. The predicted octanol–water partition coefficient (Wildman–Crippen LogP) is 1.94. The Morgan fingerprint density at radius 3 is 2.93 bits per heavy atom. The smallest absolute Gasteiger partial charge is 0.228 e. The molecule has 1 unspecified atom stereocenters. The van der Waals surface area contributed by atoms with Crippen molar-refractivity contribution in [1.82, 2.24) is 0 Å². The van der Waals surface area contributed by atoms with Crippen LogP contribution in [0.2, 0.25) is 0 Å². The third-order valence-corrected chi connectivity index (χ3v) is 2.86. The minimum atomic E-state index is -0.150. The van der Waals surface area contributed by atoms with E-state index in [4.69, 9.17) is 5.73 Å². The van der Waals surface area contributed by atoms with Gasteiger partial charge >= 0.3 is 0 Å². The van der Waals surface area contributed by atoms with Gasteiger partial charge in [0.05, 0.1) is 0 Å². The van der Waals surface area contributed by atoms with Crippen LogP contribution in [-0.2, 0) is 4.79 Å². The maximum Gasteiger partial charge on any atom is 0.228 e. The van der Waals surface area contributed by atoms with E-state index < -0.39 is 0 Å². The average Bonchev–Trinajstić information content (AvgIpc) is 2.28. The second kappa shape index (κ2) is 5.78. The van der Waals surface area contributed by atoms with Gasteiger partial charge in [0, 0.05) is 23.0 Å². The summed E-state index contributed by atoms with van der Waals surface area (Å²) in [4.78, 5) is 12.7. The van der Waals surface area contributed by atoms with E-state index in [1.54, 1.807) is 11.8 Å². The largest absolute Gasteiger partial charge is 0.330 e. The lowest BCUT2D eigenvalue weighted by molar-refractivity contribution is -0.119. The van der Waals surface area contributed by atoms with Gasteiger partial charge in [-0.05, 0) is 24.5 Å². The first kappa shape index (κ1) is 12.1. The molecule has 3 N–H and O–H groups in total.